The maximum absolute atomic E-state index is 11.7. The minimum atomic E-state index is 0.660. The molecule has 6 heteroatoms. The SMILES string of the molecule is CN(C)C(n1n[n+]([O-])c2c1CC=CC2)=[N+](C)C. The highest BCUT2D eigenvalue weighted by molar-refractivity contribution is 5.76. The lowest BCUT2D eigenvalue weighted by Crippen LogP contribution is -2.40. The van der Waals surface area contributed by atoms with Gasteiger partial charge in [0.2, 0.25) is 0 Å². The zero-order valence-corrected chi connectivity index (χ0v) is 10.7. The Morgan fingerprint density at radius 2 is 2.06 bits per heavy atom. The molecule has 0 saturated carbocycles. The maximum atomic E-state index is 11.7. The molecule has 0 aromatic carbocycles. The Labute approximate surface area is 101 Å². The van der Waals surface area contributed by atoms with Crippen molar-refractivity contribution in [3.63, 3.8) is 0 Å². The molecule has 92 valence electrons. The van der Waals surface area contributed by atoms with Crippen molar-refractivity contribution < 1.29 is 9.42 Å². The van der Waals surface area contributed by atoms with Crippen molar-refractivity contribution in [3.05, 3.63) is 28.7 Å². The maximum Gasteiger partial charge on any atom is 0.381 e. The average Bonchev–Trinajstić information content (AvgIpc) is 2.56. The number of hydrogen-bond donors (Lipinski definition) is 0. The van der Waals surface area contributed by atoms with Gasteiger partial charge in [0.1, 0.15) is 0 Å². The van der Waals surface area contributed by atoms with E-state index in [2.05, 4.69) is 11.3 Å². The molecule has 2 rings (SSSR count). The van der Waals surface area contributed by atoms with E-state index in [-0.39, 0.29) is 0 Å². The molecule has 6 nitrogen and oxygen atoms in total. The molecule has 1 aromatic heterocycles. The number of hydrogen-bond acceptors (Lipinski definition) is 2. The van der Waals surface area contributed by atoms with Crippen LogP contribution in [0.15, 0.2) is 12.2 Å². The lowest BCUT2D eigenvalue weighted by Gasteiger charge is -2.11. The van der Waals surface area contributed by atoms with Crippen LogP contribution in [0.25, 0.3) is 0 Å². The van der Waals surface area contributed by atoms with Crippen LogP contribution in [0.5, 0.6) is 0 Å². The highest BCUT2D eigenvalue weighted by Gasteiger charge is 2.28. The molecule has 0 fully saturated rings. The molecule has 0 N–H and O–H groups in total. The summed E-state index contributed by atoms with van der Waals surface area (Å²) in [4.78, 5) is 2.68. The second-order valence-electron chi connectivity index (χ2n) is 4.54. The van der Waals surface area contributed by atoms with Crippen molar-refractivity contribution >= 4 is 5.96 Å². The molecule has 1 aliphatic rings. The highest BCUT2D eigenvalue weighted by Crippen LogP contribution is 2.12. The molecule has 0 spiro atoms. The Hall–Kier alpha value is -1.85. The second-order valence-corrected chi connectivity index (χ2v) is 4.54. The monoisotopic (exact) mass is 236 g/mol. The number of nitrogens with zero attached hydrogens (tertiary/aromatic N) is 5. The van der Waals surface area contributed by atoms with Gasteiger partial charge in [0, 0.05) is 12.8 Å². The van der Waals surface area contributed by atoms with Crippen molar-refractivity contribution in [2.24, 2.45) is 0 Å². The second kappa shape index (κ2) is 4.20. The highest BCUT2D eigenvalue weighted by atomic mass is 16.5. The first kappa shape index (κ1) is 11.6. The average molecular weight is 236 g/mol. The van der Waals surface area contributed by atoms with Crippen LogP contribution in [-0.2, 0) is 12.8 Å². The summed E-state index contributed by atoms with van der Waals surface area (Å²) in [5.74, 6) is 0.881. The van der Waals surface area contributed by atoms with E-state index < -0.39 is 0 Å². The zero-order valence-electron chi connectivity index (χ0n) is 10.7. The van der Waals surface area contributed by atoms with Crippen LogP contribution in [0.4, 0.5) is 0 Å². The molecule has 0 amide bonds. The van der Waals surface area contributed by atoms with Gasteiger partial charge in [-0.15, -0.1) is 4.85 Å². The van der Waals surface area contributed by atoms with Crippen LogP contribution in [0.3, 0.4) is 0 Å². The van der Waals surface area contributed by atoms with Crippen molar-refractivity contribution in [1.29, 1.82) is 0 Å². The van der Waals surface area contributed by atoms with E-state index >= 15 is 0 Å². The molecule has 1 aromatic rings. The topological polar surface area (TPSA) is 51.0 Å². The Kier molecular flexibility index (Phi) is 2.87. The van der Waals surface area contributed by atoms with Crippen LogP contribution in [0, 0.1) is 5.21 Å². The summed E-state index contributed by atoms with van der Waals surface area (Å²) < 4.78 is 3.68. The Bertz CT molecular complexity index is 494. The fourth-order valence-corrected chi connectivity index (χ4v) is 2.15. The molecule has 0 aliphatic heterocycles. The summed E-state index contributed by atoms with van der Waals surface area (Å²) in [7, 11) is 7.77. The van der Waals surface area contributed by atoms with Crippen LogP contribution < -0.4 is 4.85 Å². The lowest BCUT2D eigenvalue weighted by molar-refractivity contribution is -0.677. The van der Waals surface area contributed by atoms with E-state index in [0.29, 0.717) is 6.42 Å². The third kappa shape index (κ3) is 1.90. The predicted octanol–water partition coefficient (Wildman–Crippen LogP) is -0.791. The van der Waals surface area contributed by atoms with Gasteiger partial charge in [0.25, 0.3) is 0 Å². The fraction of sp³-hybridized carbons (Fsp3) is 0.545. The minimum absolute atomic E-state index is 0.660. The molecule has 0 bridgehead atoms. The van der Waals surface area contributed by atoms with Gasteiger partial charge >= 0.3 is 5.96 Å². The molecule has 1 aliphatic carbocycles. The summed E-state index contributed by atoms with van der Waals surface area (Å²) in [5, 5.41) is 15.8. The molecule has 17 heavy (non-hydrogen) atoms. The van der Waals surface area contributed by atoms with Gasteiger partial charge in [-0.2, -0.15) is 0 Å². The van der Waals surface area contributed by atoms with Gasteiger partial charge < -0.3 is 5.21 Å². The van der Waals surface area contributed by atoms with Gasteiger partial charge in [0.15, 0.2) is 11.4 Å². The smallest absolute Gasteiger partial charge is 0.381 e. The first-order valence-electron chi connectivity index (χ1n) is 5.60. The van der Waals surface area contributed by atoms with Gasteiger partial charge in [-0.25, -0.2) is 0 Å². The van der Waals surface area contributed by atoms with E-state index in [0.717, 1.165) is 28.6 Å². The minimum Gasteiger partial charge on any atom is -0.691 e. The van der Waals surface area contributed by atoms with Crippen LogP contribution in [-0.4, -0.2) is 53.5 Å². The van der Waals surface area contributed by atoms with Crippen molar-refractivity contribution in [1.82, 2.24) is 14.8 Å². The summed E-state index contributed by atoms with van der Waals surface area (Å²) in [6.07, 6.45) is 5.49. The van der Waals surface area contributed by atoms with Crippen LogP contribution in [0.1, 0.15) is 11.4 Å². The lowest BCUT2D eigenvalue weighted by atomic mass is 10.1. The summed E-state index contributed by atoms with van der Waals surface area (Å²) in [5.41, 5.74) is 1.72. The van der Waals surface area contributed by atoms with Crippen molar-refractivity contribution in [2.75, 3.05) is 28.2 Å². The van der Waals surface area contributed by atoms with E-state index in [1.165, 1.54) is 0 Å². The van der Waals surface area contributed by atoms with E-state index in [1.54, 1.807) is 4.68 Å². The van der Waals surface area contributed by atoms with Gasteiger partial charge in [-0.05, 0) is 0 Å². The summed E-state index contributed by atoms with van der Waals surface area (Å²) in [6.45, 7) is 0. The molecular formula is C11H18N5O+. The Morgan fingerprint density at radius 1 is 1.41 bits per heavy atom. The van der Waals surface area contributed by atoms with Gasteiger partial charge in [-0.3, -0.25) is 9.48 Å². The summed E-state index contributed by atoms with van der Waals surface area (Å²) >= 11 is 0. The molecule has 1 heterocycles. The van der Waals surface area contributed by atoms with Crippen LogP contribution in [0.2, 0.25) is 0 Å². The van der Waals surface area contributed by atoms with E-state index in [1.807, 2.05) is 43.7 Å². The Balaban J connectivity index is 2.58. The predicted molar refractivity (Wildman–Crippen MR) is 63.9 cm³/mol. The number of rotatable bonds is 0. The van der Waals surface area contributed by atoms with Crippen LogP contribution >= 0.6 is 0 Å². The largest absolute Gasteiger partial charge is 0.691 e. The van der Waals surface area contributed by atoms with Gasteiger partial charge in [0.05, 0.1) is 33.4 Å². The fourth-order valence-electron chi connectivity index (χ4n) is 2.15. The molecule has 0 saturated heterocycles. The summed E-state index contributed by atoms with van der Waals surface area (Å²) in [6, 6.07) is 0. The third-order valence-corrected chi connectivity index (χ3v) is 2.77. The third-order valence-electron chi connectivity index (χ3n) is 2.77. The molecule has 0 unspecified atom stereocenters. The first-order chi connectivity index (χ1) is 8.02. The quantitative estimate of drug-likeness (QED) is 0.195. The number of allylic oxidation sites excluding steroid dienone is 2. The number of fused-ring (bicyclic) bond motifs is 1. The molecular weight excluding hydrogens is 218 g/mol. The van der Waals surface area contributed by atoms with E-state index in [9.17, 15) is 5.21 Å². The molecule has 0 atom stereocenters. The normalized spacial score (nSPS) is 13.4. The number of aromatic nitrogens is 3. The van der Waals surface area contributed by atoms with Crippen molar-refractivity contribution in [3.8, 4) is 0 Å². The van der Waals surface area contributed by atoms with Crippen molar-refractivity contribution in [2.45, 2.75) is 12.8 Å². The standard InChI is InChI=1S/C11H18N5O/c1-13(2)11(14(3)4)15-9-7-5-6-8-10(9)16(17)12-15/h5-6H,7-8H2,1-4H3/q+1. The van der Waals surface area contributed by atoms with Gasteiger partial charge in [-0.1, -0.05) is 16.8 Å². The Morgan fingerprint density at radius 3 is 2.65 bits per heavy atom. The first-order valence-corrected chi connectivity index (χ1v) is 5.60. The zero-order chi connectivity index (χ0) is 12.6. The molecule has 0 radical (unpaired) electrons. The van der Waals surface area contributed by atoms with E-state index in [4.69, 9.17) is 0 Å².